The van der Waals surface area contributed by atoms with Crippen LogP contribution in [0, 0.1) is 11.8 Å². The molecule has 2 heteroatoms. The molecule has 0 N–H and O–H groups in total. The summed E-state index contributed by atoms with van der Waals surface area (Å²) in [5.41, 5.74) is 9.41. The molecule has 0 fully saturated rings. The lowest BCUT2D eigenvalue weighted by molar-refractivity contribution is 0.669. The highest BCUT2D eigenvalue weighted by molar-refractivity contribution is 6.11. The Labute approximate surface area is 254 Å². The smallest absolute Gasteiger partial charge is 0.136 e. The molecule has 2 aromatic heterocycles. The van der Waals surface area contributed by atoms with Crippen LogP contribution in [0.3, 0.4) is 0 Å². The van der Waals surface area contributed by atoms with Crippen molar-refractivity contribution < 1.29 is 4.42 Å². The molecule has 0 atom stereocenters. The van der Waals surface area contributed by atoms with Crippen molar-refractivity contribution in [2.45, 2.75) is 0 Å². The van der Waals surface area contributed by atoms with Crippen LogP contribution in [0.25, 0.3) is 71.3 Å². The number of para-hydroxylation sites is 3. The predicted octanol–water partition coefficient (Wildman–Crippen LogP) is 10.9. The summed E-state index contributed by atoms with van der Waals surface area (Å²) in [4.78, 5) is 0. The molecule has 7 aromatic carbocycles. The second-order valence-electron chi connectivity index (χ2n) is 11.2. The van der Waals surface area contributed by atoms with Gasteiger partial charge in [-0.3, -0.25) is 0 Å². The first-order valence-electron chi connectivity index (χ1n) is 14.9. The van der Waals surface area contributed by atoms with Crippen molar-refractivity contribution >= 4 is 54.5 Å². The minimum atomic E-state index is 0.856. The zero-order valence-electron chi connectivity index (χ0n) is 23.8. The van der Waals surface area contributed by atoms with Crippen LogP contribution in [0.2, 0.25) is 0 Å². The molecule has 2 heterocycles. The maximum atomic E-state index is 6.16. The minimum absolute atomic E-state index is 0.856. The normalized spacial score (nSPS) is 11.5. The molecule has 2 nitrogen and oxygen atoms in total. The predicted molar refractivity (Wildman–Crippen MR) is 183 cm³/mol. The molecule has 0 aliphatic heterocycles. The maximum Gasteiger partial charge on any atom is 0.136 e. The van der Waals surface area contributed by atoms with E-state index in [1.54, 1.807) is 0 Å². The average Bonchev–Trinajstić information content (AvgIpc) is 3.62. The second kappa shape index (κ2) is 9.76. The van der Waals surface area contributed by atoms with Gasteiger partial charge in [0.25, 0.3) is 0 Å². The van der Waals surface area contributed by atoms with Gasteiger partial charge in [-0.1, -0.05) is 103 Å². The van der Waals surface area contributed by atoms with Crippen LogP contribution < -0.4 is 0 Å². The summed E-state index contributed by atoms with van der Waals surface area (Å²) >= 11 is 0. The molecule has 9 aromatic rings. The van der Waals surface area contributed by atoms with Gasteiger partial charge < -0.3 is 8.98 Å². The molecule has 0 aliphatic rings. The number of hydrogen-bond acceptors (Lipinski definition) is 1. The van der Waals surface area contributed by atoms with Gasteiger partial charge in [-0.25, -0.2) is 0 Å². The van der Waals surface area contributed by atoms with Gasteiger partial charge in [-0.15, -0.1) is 0 Å². The SMILES string of the molecule is C(#Cc1cc2c3ccccc3n(-c3ccccc3)c2cc1-c1ccc2ccccc2c1)c1ccc2c(c1)oc1ccccc12. The number of aromatic nitrogens is 1. The summed E-state index contributed by atoms with van der Waals surface area (Å²) in [6.07, 6.45) is 0. The number of nitrogens with zero attached hydrogens (tertiary/aromatic N) is 1. The summed E-state index contributed by atoms with van der Waals surface area (Å²) in [6, 6.07) is 53.4. The maximum absolute atomic E-state index is 6.16. The summed E-state index contributed by atoms with van der Waals surface area (Å²) in [6.45, 7) is 0. The van der Waals surface area contributed by atoms with Crippen LogP contribution in [0.5, 0.6) is 0 Å². The van der Waals surface area contributed by atoms with Crippen molar-refractivity contribution in [3.63, 3.8) is 0 Å². The van der Waals surface area contributed by atoms with E-state index in [1.165, 1.54) is 27.1 Å². The third-order valence-corrected chi connectivity index (χ3v) is 8.61. The first-order chi connectivity index (χ1) is 21.8. The Hall–Kier alpha value is -6.04. The van der Waals surface area contributed by atoms with Gasteiger partial charge in [0.05, 0.1) is 11.0 Å². The van der Waals surface area contributed by atoms with E-state index >= 15 is 0 Å². The number of furan rings is 1. The highest BCUT2D eigenvalue weighted by Crippen LogP contribution is 2.37. The van der Waals surface area contributed by atoms with E-state index in [2.05, 4.69) is 150 Å². The average molecular weight is 560 g/mol. The largest absolute Gasteiger partial charge is 0.456 e. The Kier molecular flexibility index (Phi) is 5.45. The first-order valence-corrected chi connectivity index (χ1v) is 14.9. The molecule has 9 rings (SSSR count). The highest BCUT2D eigenvalue weighted by Gasteiger charge is 2.16. The molecule has 0 unspecified atom stereocenters. The quantitative estimate of drug-likeness (QED) is 0.193. The van der Waals surface area contributed by atoms with E-state index in [0.29, 0.717) is 0 Å². The Bertz CT molecular complexity index is 2610. The van der Waals surface area contributed by atoms with E-state index in [0.717, 1.165) is 55.4 Å². The lowest BCUT2D eigenvalue weighted by Crippen LogP contribution is -1.94. The third kappa shape index (κ3) is 3.91. The van der Waals surface area contributed by atoms with Gasteiger partial charge in [0, 0.05) is 38.4 Å². The molecule has 0 saturated carbocycles. The van der Waals surface area contributed by atoms with Gasteiger partial charge in [-0.2, -0.15) is 0 Å². The molecule has 0 radical (unpaired) electrons. The van der Waals surface area contributed by atoms with E-state index in [1.807, 2.05) is 18.2 Å². The van der Waals surface area contributed by atoms with E-state index in [9.17, 15) is 0 Å². The van der Waals surface area contributed by atoms with Gasteiger partial charge in [0.2, 0.25) is 0 Å². The Balaban J connectivity index is 1.30. The molecule has 204 valence electrons. The van der Waals surface area contributed by atoms with Crippen molar-refractivity contribution in [3.05, 3.63) is 163 Å². The van der Waals surface area contributed by atoms with Crippen molar-refractivity contribution in [2.75, 3.05) is 0 Å². The molecular formula is C42H25NO. The Morgan fingerprint density at radius 3 is 2.11 bits per heavy atom. The minimum Gasteiger partial charge on any atom is -0.456 e. The van der Waals surface area contributed by atoms with Gasteiger partial charge >= 0.3 is 0 Å². The summed E-state index contributed by atoms with van der Waals surface area (Å²) in [7, 11) is 0. The van der Waals surface area contributed by atoms with E-state index in [-0.39, 0.29) is 0 Å². The zero-order valence-corrected chi connectivity index (χ0v) is 23.8. The topological polar surface area (TPSA) is 18.1 Å². The van der Waals surface area contributed by atoms with E-state index in [4.69, 9.17) is 4.42 Å². The van der Waals surface area contributed by atoms with Gasteiger partial charge in [0.15, 0.2) is 0 Å². The van der Waals surface area contributed by atoms with Crippen molar-refractivity contribution in [3.8, 4) is 28.7 Å². The van der Waals surface area contributed by atoms with Crippen LogP contribution >= 0.6 is 0 Å². The number of hydrogen-bond donors (Lipinski definition) is 0. The molecular weight excluding hydrogens is 534 g/mol. The molecule has 0 spiro atoms. The van der Waals surface area contributed by atoms with E-state index < -0.39 is 0 Å². The molecule has 0 aliphatic carbocycles. The number of benzene rings is 7. The number of rotatable bonds is 2. The lowest BCUT2D eigenvalue weighted by Gasteiger charge is -2.11. The summed E-state index contributed by atoms with van der Waals surface area (Å²) in [5.74, 6) is 7.06. The molecule has 0 saturated heterocycles. The fourth-order valence-corrected chi connectivity index (χ4v) is 6.51. The van der Waals surface area contributed by atoms with Crippen LogP contribution in [0.1, 0.15) is 11.1 Å². The number of fused-ring (bicyclic) bond motifs is 7. The second-order valence-corrected chi connectivity index (χ2v) is 11.2. The summed E-state index contributed by atoms with van der Waals surface area (Å²) in [5, 5.41) is 7.07. The summed E-state index contributed by atoms with van der Waals surface area (Å²) < 4.78 is 8.52. The Morgan fingerprint density at radius 1 is 0.455 bits per heavy atom. The van der Waals surface area contributed by atoms with Gasteiger partial charge in [0.1, 0.15) is 11.2 Å². The lowest BCUT2D eigenvalue weighted by atomic mass is 9.95. The van der Waals surface area contributed by atoms with Crippen LogP contribution in [-0.2, 0) is 0 Å². The van der Waals surface area contributed by atoms with Gasteiger partial charge in [-0.05, 0) is 82.6 Å². The highest BCUT2D eigenvalue weighted by atomic mass is 16.3. The molecule has 0 bridgehead atoms. The first kappa shape index (κ1) is 24.5. The van der Waals surface area contributed by atoms with Crippen LogP contribution in [-0.4, -0.2) is 4.57 Å². The van der Waals surface area contributed by atoms with Crippen molar-refractivity contribution in [2.24, 2.45) is 0 Å². The van der Waals surface area contributed by atoms with Crippen LogP contribution in [0.4, 0.5) is 0 Å². The van der Waals surface area contributed by atoms with Crippen molar-refractivity contribution in [1.82, 2.24) is 4.57 Å². The fourth-order valence-electron chi connectivity index (χ4n) is 6.51. The monoisotopic (exact) mass is 559 g/mol. The standard InChI is InChI=1S/C42H25NO/c1-2-12-33(13-3-1)43-39-16-8-6-14-34(39)38-26-32(37(27-40(38)43)31-22-21-29-10-4-5-11-30(29)25-31)20-18-28-19-23-36-35-15-7-9-17-41(35)44-42(36)24-28/h1-17,19,21-27H. The molecule has 0 amide bonds. The van der Waals surface area contributed by atoms with Crippen LogP contribution in [0.15, 0.2) is 156 Å². The molecule has 44 heavy (non-hydrogen) atoms. The zero-order chi connectivity index (χ0) is 29.0. The Morgan fingerprint density at radius 2 is 1.20 bits per heavy atom. The van der Waals surface area contributed by atoms with Crippen molar-refractivity contribution in [1.29, 1.82) is 0 Å². The third-order valence-electron chi connectivity index (χ3n) is 8.61. The fraction of sp³-hybridized carbons (Fsp3) is 0.